The van der Waals surface area contributed by atoms with Crippen LogP contribution in [0.2, 0.25) is 0 Å². The summed E-state index contributed by atoms with van der Waals surface area (Å²) in [5, 5.41) is 5.66. The van der Waals surface area contributed by atoms with Crippen LogP contribution in [-0.4, -0.2) is 51.3 Å². The van der Waals surface area contributed by atoms with Crippen LogP contribution < -0.4 is 10.6 Å². The number of alkyl carbamates (subject to hydrolysis) is 1. The third kappa shape index (κ3) is 9.24. The molecule has 0 aliphatic rings. The Kier molecular flexibility index (Phi) is 10.5. The van der Waals surface area contributed by atoms with E-state index in [1.165, 1.54) is 0 Å². The Labute approximate surface area is 216 Å². The SMILES string of the molecule is C=Cc1cccc(C(C(=O)NC(C)(C)C)N(C(=O)C(CS)NC(=O)OC(C)(C)C)C(C)(C)CC)c1. The van der Waals surface area contributed by atoms with Gasteiger partial charge in [0, 0.05) is 16.8 Å². The Hall–Kier alpha value is -2.48. The van der Waals surface area contributed by atoms with Gasteiger partial charge in [0.2, 0.25) is 11.8 Å². The smallest absolute Gasteiger partial charge is 0.408 e. The van der Waals surface area contributed by atoms with Crippen LogP contribution in [0.15, 0.2) is 30.8 Å². The lowest BCUT2D eigenvalue weighted by Crippen LogP contribution is -2.60. The van der Waals surface area contributed by atoms with Gasteiger partial charge in [-0.2, -0.15) is 12.6 Å². The largest absolute Gasteiger partial charge is 0.444 e. The first-order valence-corrected chi connectivity index (χ1v) is 12.6. The van der Waals surface area contributed by atoms with Gasteiger partial charge in [-0.15, -0.1) is 0 Å². The minimum atomic E-state index is -0.994. The van der Waals surface area contributed by atoms with Crippen molar-refractivity contribution in [2.24, 2.45) is 0 Å². The molecule has 0 heterocycles. The molecule has 7 nitrogen and oxygen atoms in total. The number of amides is 3. The molecule has 35 heavy (non-hydrogen) atoms. The molecule has 0 fully saturated rings. The standard InChI is InChI=1S/C27H43N3O4S/c1-11-18-14-13-15-19(16-18)21(22(31)29-25(3,4)5)30(27(9,10)12-2)23(32)20(17-35)28-24(33)34-26(6,7)8/h11,13-16,20-21,35H,1,12,17H2,2-10H3,(H,28,33)(H,29,31). The van der Waals surface area contributed by atoms with Crippen molar-refractivity contribution in [3.05, 3.63) is 42.0 Å². The highest BCUT2D eigenvalue weighted by molar-refractivity contribution is 7.80. The van der Waals surface area contributed by atoms with E-state index in [2.05, 4.69) is 29.8 Å². The first-order chi connectivity index (χ1) is 16.0. The van der Waals surface area contributed by atoms with Gasteiger partial charge in [0.25, 0.3) is 0 Å². The predicted molar refractivity (Wildman–Crippen MR) is 145 cm³/mol. The number of benzene rings is 1. The van der Waals surface area contributed by atoms with Crippen LogP contribution in [0.4, 0.5) is 4.79 Å². The highest BCUT2D eigenvalue weighted by atomic mass is 32.1. The maximum Gasteiger partial charge on any atom is 0.408 e. The van der Waals surface area contributed by atoms with E-state index >= 15 is 0 Å². The van der Waals surface area contributed by atoms with Crippen molar-refractivity contribution in [2.45, 2.75) is 97.5 Å². The molecule has 2 N–H and O–H groups in total. The molecule has 1 aromatic rings. The molecule has 1 aromatic carbocycles. The first kappa shape index (κ1) is 30.6. The summed E-state index contributed by atoms with van der Waals surface area (Å²) in [4.78, 5) is 41.8. The predicted octanol–water partition coefficient (Wildman–Crippen LogP) is 5.13. The minimum Gasteiger partial charge on any atom is -0.444 e. The number of rotatable bonds is 9. The van der Waals surface area contributed by atoms with Gasteiger partial charge in [0.05, 0.1) is 0 Å². The van der Waals surface area contributed by atoms with Crippen LogP contribution in [0, 0.1) is 0 Å². The van der Waals surface area contributed by atoms with E-state index in [4.69, 9.17) is 4.74 Å². The van der Waals surface area contributed by atoms with E-state index in [0.717, 1.165) is 5.56 Å². The first-order valence-electron chi connectivity index (χ1n) is 11.9. The number of ether oxygens (including phenoxy) is 1. The molecule has 2 unspecified atom stereocenters. The lowest BCUT2D eigenvalue weighted by molar-refractivity contribution is -0.149. The summed E-state index contributed by atoms with van der Waals surface area (Å²) in [6, 6.07) is 5.45. The van der Waals surface area contributed by atoms with Crippen LogP contribution in [-0.2, 0) is 14.3 Å². The van der Waals surface area contributed by atoms with Crippen LogP contribution >= 0.6 is 12.6 Å². The second kappa shape index (κ2) is 12.0. The van der Waals surface area contributed by atoms with Gasteiger partial charge in [-0.05, 0) is 79.0 Å². The van der Waals surface area contributed by atoms with Crippen LogP contribution in [0.5, 0.6) is 0 Å². The molecule has 0 bridgehead atoms. The lowest BCUT2D eigenvalue weighted by Gasteiger charge is -2.45. The van der Waals surface area contributed by atoms with E-state index in [1.54, 1.807) is 31.7 Å². The number of nitrogens with zero attached hydrogens (tertiary/aromatic N) is 1. The molecule has 1 rings (SSSR count). The third-order valence-electron chi connectivity index (χ3n) is 5.39. The van der Waals surface area contributed by atoms with E-state index < -0.39 is 40.8 Å². The van der Waals surface area contributed by atoms with Crippen LogP contribution in [0.1, 0.15) is 85.9 Å². The molecule has 196 valence electrons. The monoisotopic (exact) mass is 505 g/mol. The molecular weight excluding hydrogens is 462 g/mol. The normalized spacial score (nSPS) is 13.9. The zero-order chi connectivity index (χ0) is 27.2. The van der Waals surface area contributed by atoms with Gasteiger partial charge in [-0.25, -0.2) is 4.79 Å². The molecular formula is C27H43N3O4S. The molecule has 0 spiro atoms. The van der Waals surface area contributed by atoms with Crippen molar-refractivity contribution in [1.82, 2.24) is 15.5 Å². The topological polar surface area (TPSA) is 87.7 Å². The van der Waals surface area contributed by atoms with Crippen molar-refractivity contribution >= 4 is 36.6 Å². The fraction of sp³-hybridized carbons (Fsp3) is 0.593. The van der Waals surface area contributed by atoms with Crippen molar-refractivity contribution in [1.29, 1.82) is 0 Å². The molecule has 8 heteroatoms. The highest BCUT2D eigenvalue weighted by Crippen LogP contribution is 2.33. The second-order valence-electron chi connectivity index (χ2n) is 11.3. The summed E-state index contributed by atoms with van der Waals surface area (Å²) in [6.07, 6.45) is 1.55. The second-order valence-corrected chi connectivity index (χ2v) is 11.6. The molecule has 0 radical (unpaired) electrons. The van der Waals surface area contributed by atoms with Crippen LogP contribution in [0.3, 0.4) is 0 Å². The van der Waals surface area contributed by atoms with Crippen molar-refractivity contribution < 1.29 is 19.1 Å². The summed E-state index contributed by atoms with van der Waals surface area (Å²) >= 11 is 4.34. The molecule has 0 aliphatic carbocycles. The number of hydrogen-bond acceptors (Lipinski definition) is 5. The molecule has 0 saturated carbocycles. The molecule has 0 aliphatic heterocycles. The van der Waals surface area contributed by atoms with Gasteiger partial charge in [-0.3, -0.25) is 9.59 Å². The maximum absolute atomic E-state index is 14.0. The Balaban J connectivity index is 3.63. The minimum absolute atomic E-state index is 0.0364. The third-order valence-corrected chi connectivity index (χ3v) is 5.76. The Bertz CT molecular complexity index is 916. The summed E-state index contributed by atoms with van der Waals surface area (Å²) < 4.78 is 5.36. The molecule has 0 aromatic heterocycles. The van der Waals surface area contributed by atoms with Gasteiger partial charge in [0.15, 0.2) is 0 Å². The van der Waals surface area contributed by atoms with Gasteiger partial charge in [-0.1, -0.05) is 37.8 Å². The molecule has 0 saturated heterocycles. The van der Waals surface area contributed by atoms with E-state index in [-0.39, 0.29) is 11.7 Å². The summed E-state index contributed by atoms with van der Waals surface area (Å²) in [5.74, 6) is -0.700. The number of nitrogens with one attached hydrogen (secondary N) is 2. The number of carbonyl (C=O) groups is 3. The van der Waals surface area contributed by atoms with Gasteiger partial charge in [0.1, 0.15) is 17.7 Å². The molecule has 3 amide bonds. The van der Waals surface area contributed by atoms with E-state index in [0.29, 0.717) is 12.0 Å². The number of hydrogen-bond donors (Lipinski definition) is 3. The van der Waals surface area contributed by atoms with Gasteiger partial charge >= 0.3 is 6.09 Å². The summed E-state index contributed by atoms with van der Waals surface area (Å²) in [7, 11) is 0. The number of thiol groups is 1. The summed E-state index contributed by atoms with van der Waals surface area (Å²) in [5.41, 5.74) is -0.493. The fourth-order valence-electron chi connectivity index (χ4n) is 3.46. The molecule has 2 atom stereocenters. The van der Waals surface area contributed by atoms with Crippen molar-refractivity contribution in [3.8, 4) is 0 Å². The van der Waals surface area contributed by atoms with E-state index in [1.807, 2.05) is 65.8 Å². The fourth-order valence-corrected chi connectivity index (χ4v) is 3.71. The Morgan fingerprint density at radius 3 is 2.17 bits per heavy atom. The van der Waals surface area contributed by atoms with Crippen LogP contribution in [0.25, 0.3) is 6.08 Å². The maximum atomic E-state index is 14.0. The van der Waals surface area contributed by atoms with Crippen molar-refractivity contribution in [2.75, 3.05) is 5.75 Å². The van der Waals surface area contributed by atoms with Crippen molar-refractivity contribution in [3.63, 3.8) is 0 Å². The zero-order valence-electron chi connectivity index (χ0n) is 22.7. The quantitative estimate of drug-likeness (QED) is 0.406. The Morgan fingerprint density at radius 2 is 1.71 bits per heavy atom. The zero-order valence-corrected chi connectivity index (χ0v) is 23.6. The number of carbonyl (C=O) groups excluding carboxylic acids is 3. The summed E-state index contributed by atoms with van der Waals surface area (Å²) in [6.45, 7) is 20.5. The highest BCUT2D eigenvalue weighted by Gasteiger charge is 2.43. The van der Waals surface area contributed by atoms with E-state index in [9.17, 15) is 14.4 Å². The van der Waals surface area contributed by atoms with Gasteiger partial charge < -0.3 is 20.3 Å². The lowest BCUT2D eigenvalue weighted by atomic mass is 9.91. The average molecular weight is 506 g/mol. The Morgan fingerprint density at radius 1 is 1.11 bits per heavy atom. The average Bonchev–Trinajstić information content (AvgIpc) is 2.72.